The number of carbonyl (C=O) groups excluding carboxylic acids is 1. The van der Waals surface area contributed by atoms with Gasteiger partial charge in [-0.25, -0.2) is 0 Å². The van der Waals surface area contributed by atoms with Crippen LogP contribution in [0.15, 0.2) is 12.2 Å². The number of hydrogen-bond acceptors (Lipinski definition) is 2. The van der Waals surface area contributed by atoms with Gasteiger partial charge in [0.05, 0.1) is 0 Å². The van der Waals surface area contributed by atoms with E-state index in [1.165, 1.54) is 6.92 Å². The standard InChI is InChI=1S/C9H12O2/c1-4-5-6-7-8(2)11-9(3)10/h6-8H,1-3H3/b7-6+/t8-/m1/s1. The van der Waals surface area contributed by atoms with Gasteiger partial charge in [-0.05, 0) is 26.0 Å². The molecular formula is C9H12O2. The highest BCUT2D eigenvalue weighted by Gasteiger charge is 1.97. The number of esters is 1. The van der Waals surface area contributed by atoms with Crippen molar-refractivity contribution in [2.24, 2.45) is 0 Å². The molecule has 0 saturated heterocycles. The van der Waals surface area contributed by atoms with Gasteiger partial charge in [0.1, 0.15) is 6.10 Å². The fourth-order valence-electron chi connectivity index (χ4n) is 0.568. The van der Waals surface area contributed by atoms with Crippen LogP contribution in [0, 0.1) is 11.8 Å². The van der Waals surface area contributed by atoms with Gasteiger partial charge in [0.15, 0.2) is 0 Å². The Balaban J connectivity index is 3.73. The second-order valence-corrected chi connectivity index (χ2v) is 2.07. The number of hydrogen-bond donors (Lipinski definition) is 0. The lowest BCUT2D eigenvalue weighted by molar-refractivity contribution is -0.143. The average molecular weight is 152 g/mol. The van der Waals surface area contributed by atoms with Gasteiger partial charge in [-0.2, -0.15) is 0 Å². The molecule has 0 N–H and O–H groups in total. The van der Waals surface area contributed by atoms with E-state index in [9.17, 15) is 4.79 Å². The van der Waals surface area contributed by atoms with Crippen molar-refractivity contribution in [2.45, 2.75) is 26.9 Å². The lowest BCUT2D eigenvalue weighted by Crippen LogP contribution is -2.08. The molecule has 0 amide bonds. The van der Waals surface area contributed by atoms with Crippen molar-refractivity contribution < 1.29 is 9.53 Å². The minimum atomic E-state index is -0.272. The summed E-state index contributed by atoms with van der Waals surface area (Å²) in [6.07, 6.45) is 3.22. The fraction of sp³-hybridized carbons (Fsp3) is 0.444. The van der Waals surface area contributed by atoms with Crippen LogP contribution >= 0.6 is 0 Å². The molecule has 0 heterocycles. The van der Waals surface area contributed by atoms with Crippen LogP contribution in [0.25, 0.3) is 0 Å². The molecule has 0 unspecified atom stereocenters. The van der Waals surface area contributed by atoms with Gasteiger partial charge in [-0.1, -0.05) is 5.92 Å². The van der Waals surface area contributed by atoms with Gasteiger partial charge < -0.3 is 4.74 Å². The predicted octanol–water partition coefficient (Wildman–Crippen LogP) is 1.52. The molecule has 0 radical (unpaired) electrons. The van der Waals surface area contributed by atoms with Gasteiger partial charge in [0.2, 0.25) is 0 Å². The van der Waals surface area contributed by atoms with Crippen LogP contribution in [-0.2, 0) is 9.53 Å². The van der Waals surface area contributed by atoms with Crippen LogP contribution < -0.4 is 0 Å². The van der Waals surface area contributed by atoms with Crippen LogP contribution in [0.5, 0.6) is 0 Å². The van der Waals surface area contributed by atoms with Gasteiger partial charge in [0.25, 0.3) is 0 Å². The molecule has 0 fully saturated rings. The lowest BCUT2D eigenvalue weighted by atomic mass is 10.3. The van der Waals surface area contributed by atoms with Crippen molar-refractivity contribution in [3.05, 3.63) is 12.2 Å². The molecule has 0 rings (SSSR count). The predicted molar refractivity (Wildman–Crippen MR) is 43.8 cm³/mol. The molecule has 2 heteroatoms. The Kier molecular flexibility index (Phi) is 4.93. The Bertz CT molecular complexity index is 205. The zero-order chi connectivity index (χ0) is 8.69. The van der Waals surface area contributed by atoms with E-state index in [0.29, 0.717) is 0 Å². The molecule has 0 saturated carbocycles. The summed E-state index contributed by atoms with van der Waals surface area (Å²) in [5.74, 6) is 5.16. The minimum absolute atomic E-state index is 0.187. The van der Waals surface area contributed by atoms with Crippen LogP contribution in [0.4, 0.5) is 0 Å². The summed E-state index contributed by atoms with van der Waals surface area (Å²) in [6, 6.07) is 0. The number of carbonyl (C=O) groups is 1. The second-order valence-electron chi connectivity index (χ2n) is 2.07. The lowest BCUT2D eigenvalue weighted by Gasteiger charge is -2.04. The van der Waals surface area contributed by atoms with Gasteiger partial charge in [0, 0.05) is 6.92 Å². The zero-order valence-corrected chi connectivity index (χ0v) is 7.05. The number of ether oxygens (including phenoxy) is 1. The summed E-state index contributed by atoms with van der Waals surface area (Å²) in [5.41, 5.74) is 0. The highest BCUT2D eigenvalue weighted by atomic mass is 16.5. The molecule has 60 valence electrons. The molecule has 11 heavy (non-hydrogen) atoms. The summed E-state index contributed by atoms with van der Waals surface area (Å²) < 4.78 is 4.80. The summed E-state index contributed by atoms with van der Waals surface area (Å²) in [7, 11) is 0. The van der Waals surface area contributed by atoms with Crippen molar-refractivity contribution in [1.29, 1.82) is 0 Å². The molecular weight excluding hydrogens is 140 g/mol. The van der Waals surface area contributed by atoms with E-state index in [1.54, 1.807) is 26.0 Å². The van der Waals surface area contributed by atoms with E-state index in [-0.39, 0.29) is 12.1 Å². The Hall–Kier alpha value is -1.23. The summed E-state index contributed by atoms with van der Waals surface area (Å²) in [6.45, 7) is 4.92. The van der Waals surface area contributed by atoms with Crippen molar-refractivity contribution in [3.8, 4) is 11.8 Å². The molecule has 0 bridgehead atoms. The molecule has 0 spiro atoms. The third-order valence-electron chi connectivity index (χ3n) is 0.947. The van der Waals surface area contributed by atoms with Crippen molar-refractivity contribution in [3.63, 3.8) is 0 Å². The third-order valence-corrected chi connectivity index (χ3v) is 0.947. The quantitative estimate of drug-likeness (QED) is 0.443. The average Bonchev–Trinajstić information content (AvgIpc) is 1.86. The van der Waals surface area contributed by atoms with Gasteiger partial charge >= 0.3 is 5.97 Å². The van der Waals surface area contributed by atoms with Gasteiger partial charge in [-0.15, -0.1) is 5.92 Å². The normalized spacial score (nSPS) is 11.9. The van der Waals surface area contributed by atoms with E-state index in [0.717, 1.165) is 0 Å². The van der Waals surface area contributed by atoms with Gasteiger partial charge in [-0.3, -0.25) is 4.79 Å². The summed E-state index contributed by atoms with van der Waals surface area (Å²) >= 11 is 0. The molecule has 0 aliphatic carbocycles. The molecule has 0 aliphatic rings. The maximum absolute atomic E-state index is 10.4. The third kappa shape index (κ3) is 6.66. The summed E-state index contributed by atoms with van der Waals surface area (Å²) in [5, 5.41) is 0. The van der Waals surface area contributed by atoms with Crippen LogP contribution in [0.3, 0.4) is 0 Å². The van der Waals surface area contributed by atoms with E-state index >= 15 is 0 Å². The first-order chi connectivity index (χ1) is 5.16. The monoisotopic (exact) mass is 152 g/mol. The Morgan fingerprint density at radius 1 is 1.64 bits per heavy atom. The van der Waals surface area contributed by atoms with Crippen molar-refractivity contribution >= 4 is 5.97 Å². The maximum atomic E-state index is 10.4. The highest BCUT2D eigenvalue weighted by molar-refractivity contribution is 5.66. The first kappa shape index (κ1) is 9.77. The Morgan fingerprint density at radius 3 is 2.73 bits per heavy atom. The molecule has 0 aliphatic heterocycles. The van der Waals surface area contributed by atoms with E-state index in [4.69, 9.17) is 4.74 Å². The second kappa shape index (κ2) is 5.55. The number of rotatable bonds is 2. The Labute approximate surface area is 67.2 Å². The molecule has 0 aromatic rings. The first-order valence-electron chi connectivity index (χ1n) is 3.43. The van der Waals surface area contributed by atoms with E-state index in [1.807, 2.05) is 0 Å². The SMILES string of the molecule is CC#C/C=C/[C@@H](C)OC(C)=O. The van der Waals surface area contributed by atoms with E-state index in [2.05, 4.69) is 11.8 Å². The topological polar surface area (TPSA) is 26.3 Å². The smallest absolute Gasteiger partial charge is 0.303 e. The summed E-state index contributed by atoms with van der Waals surface area (Å²) in [4.78, 5) is 10.4. The Morgan fingerprint density at radius 2 is 2.27 bits per heavy atom. The fourth-order valence-corrected chi connectivity index (χ4v) is 0.568. The minimum Gasteiger partial charge on any atom is -0.459 e. The van der Waals surface area contributed by atoms with Crippen molar-refractivity contribution in [1.82, 2.24) is 0 Å². The largest absolute Gasteiger partial charge is 0.459 e. The molecule has 1 atom stereocenters. The van der Waals surface area contributed by atoms with E-state index < -0.39 is 0 Å². The molecule has 0 aromatic carbocycles. The highest BCUT2D eigenvalue weighted by Crippen LogP contribution is 1.92. The molecule has 0 aromatic heterocycles. The zero-order valence-electron chi connectivity index (χ0n) is 7.05. The van der Waals surface area contributed by atoms with Crippen LogP contribution in [0.2, 0.25) is 0 Å². The molecule has 2 nitrogen and oxygen atoms in total. The number of allylic oxidation sites excluding steroid dienone is 1. The van der Waals surface area contributed by atoms with Crippen LogP contribution in [-0.4, -0.2) is 12.1 Å². The van der Waals surface area contributed by atoms with Crippen LogP contribution in [0.1, 0.15) is 20.8 Å². The maximum Gasteiger partial charge on any atom is 0.303 e. The van der Waals surface area contributed by atoms with Crippen molar-refractivity contribution in [2.75, 3.05) is 0 Å². The first-order valence-corrected chi connectivity index (χ1v) is 3.43.